The first-order valence-electron chi connectivity index (χ1n) is 4.18. The monoisotopic (exact) mass is 257 g/mol. The highest BCUT2D eigenvalue weighted by atomic mass is 79.9. The third-order valence-corrected chi connectivity index (χ3v) is 2.26. The Morgan fingerprint density at radius 1 is 1.71 bits per heavy atom. The number of aromatic nitrogens is 1. The Hall–Kier alpha value is -1.10. The van der Waals surface area contributed by atoms with Gasteiger partial charge < -0.3 is 11.1 Å². The van der Waals surface area contributed by atoms with Crippen molar-refractivity contribution in [1.82, 2.24) is 4.98 Å². The van der Waals surface area contributed by atoms with Crippen molar-refractivity contribution in [2.24, 2.45) is 5.73 Å². The molecule has 0 saturated heterocycles. The molecule has 0 aliphatic carbocycles. The van der Waals surface area contributed by atoms with Gasteiger partial charge in [-0.15, -0.1) is 0 Å². The standard InChI is InChI=1S/C9H12BrN3O/c1-5-3-7(10)4-12-9(5)13-6(2)8(11)14/h3-4,6H,1-2H3,(H2,11,14)(H,12,13). The van der Waals surface area contributed by atoms with Crippen LogP contribution in [-0.4, -0.2) is 16.9 Å². The van der Waals surface area contributed by atoms with Gasteiger partial charge in [0.2, 0.25) is 5.91 Å². The minimum absolute atomic E-state index is 0.394. The minimum atomic E-state index is -0.414. The molecule has 1 aromatic heterocycles. The summed E-state index contributed by atoms with van der Waals surface area (Å²) in [5.41, 5.74) is 6.09. The van der Waals surface area contributed by atoms with Crippen molar-refractivity contribution in [2.75, 3.05) is 5.32 Å². The maximum atomic E-state index is 10.8. The third-order valence-electron chi connectivity index (χ3n) is 1.82. The van der Waals surface area contributed by atoms with E-state index in [0.29, 0.717) is 5.82 Å². The fourth-order valence-electron chi connectivity index (χ4n) is 0.968. The summed E-state index contributed by atoms with van der Waals surface area (Å²) in [5.74, 6) is 0.286. The Bertz CT molecular complexity index is 354. The molecule has 0 bridgehead atoms. The number of nitrogens with zero attached hydrogens (tertiary/aromatic N) is 1. The van der Waals surface area contributed by atoms with Crippen LogP contribution < -0.4 is 11.1 Å². The van der Waals surface area contributed by atoms with Crippen LogP contribution in [0.15, 0.2) is 16.7 Å². The molecule has 14 heavy (non-hydrogen) atoms. The smallest absolute Gasteiger partial charge is 0.239 e. The second-order valence-corrected chi connectivity index (χ2v) is 4.00. The molecule has 0 spiro atoms. The summed E-state index contributed by atoms with van der Waals surface area (Å²) >= 11 is 3.31. The SMILES string of the molecule is Cc1cc(Br)cnc1NC(C)C(N)=O. The van der Waals surface area contributed by atoms with Gasteiger partial charge in [-0.25, -0.2) is 4.98 Å². The van der Waals surface area contributed by atoms with Crippen molar-refractivity contribution in [3.8, 4) is 0 Å². The third kappa shape index (κ3) is 2.70. The number of pyridine rings is 1. The first-order chi connectivity index (χ1) is 6.50. The van der Waals surface area contributed by atoms with Gasteiger partial charge in [0.15, 0.2) is 0 Å². The van der Waals surface area contributed by atoms with Gasteiger partial charge in [-0.05, 0) is 41.4 Å². The predicted octanol–water partition coefficient (Wildman–Crippen LogP) is 1.44. The Morgan fingerprint density at radius 2 is 2.36 bits per heavy atom. The van der Waals surface area contributed by atoms with Crippen LogP contribution in [0.1, 0.15) is 12.5 Å². The molecule has 0 saturated carbocycles. The number of primary amides is 1. The summed E-state index contributed by atoms with van der Waals surface area (Å²) in [5, 5.41) is 2.93. The highest BCUT2D eigenvalue weighted by Gasteiger charge is 2.10. The van der Waals surface area contributed by atoms with Crippen LogP contribution in [0.3, 0.4) is 0 Å². The molecule has 0 aromatic carbocycles. The van der Waals surface area contributed by atoms with Gasteiger partial charge in [-0.3, -0.25) is 4.79 Å². The molecule has 0 fully saturated rings. The van der Waals surface area contributed by atoms with E-state index in [2.05, 4.69) is 26.2 Å². The highest BCUT2D eigenvalue weighted by molar-refractivity contribution is 9.10. The maximum Gasteiger partial charge on any atom is 0.239 e. The Balaban J connectivity index is 2.82. The Labute approximate surface area is 91.0 Å². The average molecular weight is 258 g/mol. The number of aryl methyl sites for hydroxylation is 1. The zero-order valence-electron chi connectivity index (χ0n) is 8.04. The van der Waals surface area contributed by atoms with Crippen molar-refractivity contribution in [3.63, 3.8) is 0 Å². The van der Waals surface area contributed by atoms with E-state index < -0.39 is 11.9 Å². The quantitative estimate of drug-likeness (QED) is 0.861. The second-order valence-electron chi connectivity index (χ2n) is 3.09. The molecule has 3 N–H and O–H groups in total. The van der Waals surface area contributed by atoms with Crippen LogP contribution in [0, 0.1) is 6.92 Å². The molecule has 0 radical (unpaired) electrons. The number of carbonyl (C=O) groups excluding carboxylic acids is 1. The van der Waals surface area contributed by atoms with E-state index in [0.717, 1.165) is 10.0 Å². The van der Waals surface area contributed by atoms with Gasteiger partial charge in [0.25, 0.3) is 0 Å². The van der Waals surface area contributed by atoms with Gasteiger partial charge >= 0.3 is 0 Å². The van der Waals surface area contributed by atoms with E-state index >= 15 is 0 Å². The lowest BCUT2D eigenvalue weighted by Crippen LogP contribution is -2.33. The van der Waals surface area contributed by atoms with E-state index in [1.54, 1.807) is 13.1 Å². The number of carbonyl (C=O) groups is 1. The number of nitrogens with one attached hydrogen (secondary N) is 1. The largest absolute Gasteiger partial charge is 0.368 e. The van der Waals surface area contributed by atoms with Crippen LogP contribution in [-0.2, 0) is 4.79 Å². The van der Waals surface area contributed by atoms with Gasteiger partial charge in [-0.1, -0.05) is 0 Å². The number of nitrogens with two attached hydrogens (primary N) is 1. The van der Waals surface area contributed by atoms with E-state index in [4.69, 9.17) is 5.73 Å². The van der Waals surface area contributed by atoms with Crippen LogP contribution in [0.25, 0.3) is 0 Å². The summed E-state index contributed by atoms with van der Waals surface area (Å²) in [7, 11) is 0. The Morgan fingerprint density at radius 3 is 2.86 bits per heavy atom. The molecule has 1 rings (SSSR count). The van der Waals surface area contributed by atoms with Gasteiger partial charge in [-0.2, -0.15) is 0 Å². The molecule has 1 atom stereocenters. The highest BCUT2D eigenvalue weighted by Crippen LogP contribution is 2.17. The summed E-state index contributed by atoms with van der Waals surface area (Å²) in [6.07, 6.45) is 1.67. The summed E-state index contributed by atoms with van der Waals surface area (Å²) in [6.45, 7) is 3.61. The number of hydrogen-bond donors (Lipinski definition) is 2. The van der Waals surface area contributed by atoms with Gasteiger partial charge in [0.05, 0.1) is 0 Å². The molecule has 4 nitrogen and oxygen atoms in total. The summed E-state index contributed by atoms with van der Waals surface area (Å²) < 4.78 is 0.910. The van der Waals surface area contributed by atoms with Crippen LogP contribution in [0.5, 0.6) is 0 Å². The zero-order chi connectivity index (χ0) is 10.7. The molecule has 0 aliphatic rings. The van der Waals surface area contributed by atoms with Crippen molar-refractivity contribution in [2.45, 2.75) is 19.9 Å². The number of hydrogen-bond acceptors (Lipinski definition) is 3. The van der Waals surface area contributed by atoms with Crippen molar-refractivity contribution in [1.29, 1.82) is 0 Å². The van der Waals surface area contributed by atoms with Gasteiger partial charge in [0, 0.05) is 10.7 Å². The second kappa shape index (κ2) is 4.41. The molecule has 5 heteroatoms. The molecule has 0 aliphatic heterocycles. The molecule has 1 amide bonds. The van der Waals surface area contributed by atoms with Crippen molar-refractivity contribution >= 4 is 27.7 Å². The van der Waals surface area contributed by atoms with Crippen molar-refractivity contribution in [3.05, 3.63) is 22.3 Å². The molecule has 76 valence electrons. The molecular formula is C9H12BrN3O. The van der Waals surface area contributed by atoms with E-state index in [-0.39, 0.29) is 0 Å². The first-order valence-corrected chi connectivity index (χ1v) is 4.98. The molecular weight excluding hydrogens is 246 g/mol. The number of anilines is 1. The topological polar surface area (TPSA) is 68.0 Å². The first kappa shape index (κ1) is 11.0. The van der Waals surface area contributed by atoms with Crippen LogP contribution >= 0.6 is 15.9 Å². The number of halogens is 1. The summed E-state index contributed by atoms with van der Waals surface area (Å²) in [4.78, 5) is 14.9. The number of amides is 1. The molecule has 1 aromatic rings. The Kier molecular flexibility index (Phi) is 3.46. The lowest BCUT2D eigenvalue weighted by atomic mass is 10.2. The normalized spacial score (nSPS) is 12.2. The molecule has 1 heterocycles. The van der Waals surface area contributed by atoms with Crippen molar-refractivity contribution < 1.29 is 4.79 Å². The zero-order valence-corrected chi connectivity index (χ0v) is 9.63. The lowest BCUT2D eigenvalue weighted by Gasteiger charge is -2.12. The fourth-order valence-corrected chi connectivity index (χ4v) is 1.41. The van der Waals surface area contributed by atoms with E-state index in [9.17, 15) is 4.79 Å². The molecule has 1 unspecified atom stereocenters. The van der Waals surface area contributed by atoms with E-state index in [1.165, 1.54) is 0 Å². The average Bonchev–Trinajstić information content (AvgIpc) is 2.09. The predicted molar refractivity (Wildman–Crippen MR) is 59.0 cm³/mol. The van der Waals surface area contributed by atoms with Gasteiger partial charge in [0.1, 0.15) is 11.9 Å². The number of rotatable bonds is 3. The summed E-state index contributed by atoms with van der Waals surface area (Å²) in [6, 6.07) is 1.51. The van der Waals surface area contributed by atoms with Crippen LogP contribution in [0.2, 0.25) is 0 Å². The fraction of sp³-hybridized carbons (Fsp3) is 0.333. The lowest BCUT2D eigenvalue weighted by molar-refractivity contribution is -0.118. The maximum absolute atomic E-state index is 10.8. The minimum Gasteiger partial charge on any atom is -0.368 e. The van der Waals surface area contributed by atoms with Crippen LogP contribution in [0.4, 0.5) is 5.82 Å². The van der Waals surface area contributed by atoms with E-state index in [1.807, 2.05) is 13.0 Å².